The van der Waals surface area contributed by atoms with Gasteiger partial charge >= 0.3 is 12.0 Å². The maximum Gasteiger partial charge on any atom is 0.339 e. The van der Waals surface area contributed by atoms with Crippen molar-refractivity contribution in [1.29, 1.82) is 0 Å². The number of urea groups is 1. The third kappa shape index (κ3) is 3.47. The Morgan fingerprint density at radius 1 is 1.60 bits per heavy atom. The molecule has 1 aromatic heterocycles. The van der Waals surface area contributed by atoms with E-state index in [9.17, 15) is 9.59 Å². The summed E-state index contributed by atoms with van der Waals surface area (Å²) < 4.78 is 5.32. The zero-order valence-corrected chi connectivity index (χ0v) is 12.3. The quantitative estimate of drug-likeness (QED) is 0.891. The summed E-state index contributed by atoms with van der Waals surface area (Å²) in [6.45, 7) is 5.36. The van der Waals surface area contributed by atoms with Crippen molar-refractivity contribution >= 4 is 23.8 Å². The first-order valence-corrected chi connectivity index (χ1v) is 7.49. The lowest BCUT2D eigenvalue weighted by Gasteiger charge is -2.30. The van der Waals surface area contributed by atoms with Gasteiger partial charge in [0.2, 0.25) is 0 Å². The molecule has 20 heavy (non-hydrogen) atoms. The Morgan fingerprint density at radius 2 is 2.35 bits per heavy atom. The highest BCUT2D eigenvalue weighted by molar-refractivity contribution is 7.99. The number of hydrogen-bond donors (Lipinski definition) is 2. The summed E-state index contributed by atoms with van der Waals surface area (Å²) in [5, 5.41) is 12.1. The lowest BCUT2D eigenvalue weighted by Crippen LogP contribution is -2.46. The molecule has 0 spiro atoms. The van der Waals surface area contributed by atoms with Crippen molar-refractivity contribution in [1.82, 2.24) is 10.2 Å². The molecule has 2 amide bonds. The highest BCUT2D eigenvalue weighted by atomic mass is 32.2. The van der Waals surface area contributed by atoms with Crippen molar-refractivity contribution in [3.8, 4) is 0 Å². The van der Waals surface area contributed by atoms with E-state index in [4.69, 9.17) is 9.52 Å². The normalized spacial score (nSPS) is 18.9. The van der Waals surface area contributed by atoms with Gasteiger partial charge in [-0.3, -0.25) is 0 Å². The lowest BCUT2D eigenvalue weighted by molar-refractivity contribution is 0.0695. The largest absolute Gasteiger partial charge is 0.478 e. The van der Waals surface area contributed by atoms with Gasteiger partial charge in [-0.15, -0.1) is 0 Å². The lowest BCUT2D eigenvalue weighted by atomic mass is 10.2. The van der Waals surface area contributed by atoms with E-state index in [0.717, 1.165) is 18.8 Å². The van der Waals surface area contributed by atoms with Gasteiger partial charge in [0.15, 0.2) is 0 Å². The third-order valence-corrected chi connectivity index (χ3v) is 4.28. The molecule has 1 fully saturated rings. The SMILES string of the molecule is Cc1oc(CNC(=O)N2CCSC(C)C2)cc1C(=O)O. The number of amides is 2. The van der Waals surface area contributed by atoms with E-state index >= 15 is 0 Å². The summed E-state index contributed by atoms with van der Waals surface area (Å²) in [5.41, 5.74) is 0.136. The van der Waals surface area contributed by atoms with E-state index < -0.39 is 5.97 Å². The maximum atomic E-state index is 12.0. The molecular formula is C13H18N2O4S. The van der Waals surface area contributed by atoms with Crippen LogP contribution in [0.1, 0.15) is 28.8 Å². The second-order valence-electron chi connectivity index (χ2n) is 4.77. The average Bonchev–Trinajstić information content (AvgIpc) is 2.77. The predicted octanol–water partition coefficient (Wildman–Crippen LogP) is 1.93. The van der Waals surface area contributed by atoms with Crippen LogP contribution in [-0.2, 0) is 6.54 Å². The van der Waals surface area contributed by atoms with Crippen molar-refractivity contribution in [2.24, 2.45) is 0 Å². The molecule has 1 aromatic rings. The molecule has 1 saturated heterocycles. The molecule has 6 nitrogen and oxygen atoms in total. The topological polar surface area (TPSA) is 82.8 Å². The summed E-state index contributed by atoms with van der Waals surface area (Å²) in [5.74, 6) is 0.723. The molecule has 0 radical (unpaired) electrons. The molecule has 2 heterocycles. The van der Waals surface area contributed by atoms with Crippen LogP contribution in [0.5, 0.6) is 0 Å². The molecule has 1 aliphatic rings. The Morgan fingerprint density at radius 3 is 2.95 bits per heavy atom. The fourth-order valence-electron chi connectivity index (χ4n) is 2.12. The first-order chi connectivity index (χ1) is 9.47. The maximum absolute atomic E-state index is 12.0. The van der Waals surface area contributed by atoms with Crippen LogP contribution in [0, 0.1) is 6.92 Å². The van der Waals surface area contributed by atoms with Crippen LogP contribution >= 0.6 is 11.8 Å². The van der Waals surface area contributed by atoms with E-state index in [-0.39, 0.29) is 18.1 Å². The minimum absolute atomic E-state index is 0.136. The molecule has 2 N–H and O–H groups in total. The second-order valence-corrected chi connectivity index (χ2v) is 6.32. The van der Waals surface area contributed by atoms with Crippen LogP contribution in [0.2, 0.25) is 0 Å². The number of furan rings is 1. The van der Waals surface area contributed by atoms with Gasteiger partial charge in [0.1, 0.15) is 17.1 Å². The molecule has 1 atom stereocenters. The van der Waals surface area contributed by atoms with E-state index in [1.165, 1.54) is 6.07 Å². The summed E-state index contributed by atoms with van der Waals surface area (Å²) in [7, 11) is 0. The average molecular weight is 298 g/mol. The number of aryl methyl sites for hydroxylation is 1. The number of aromatic carboxylic acids is 1. The number of nitrogens with zero attached hydrogens (tertiary/aromatic N) is 1. The molecule has 2 rings (SSSR count). The Labute approximate surface area is 121 Å². The Bertz CT molecular complexity index is 514. The zero-order chi connectivity index (χ0) is 14.7. The van der Waals surface area contributed by atoms with Gasteiger partial charge < -0.3 is 19.7 Å². The van der Waals surface area contributed by atoms with Crippen LogP contribution in [0.25, 0.3) is 0 Å². The number of hydrogen-bond acceptors (Lipinski definition) is 4. The Balaban J connectivity index is 1.90. The van der Waals surface area contributed by atoms with E-state index in [1.54, 1.807) is 11.8 Å². The highest BCUT2D eigenvalue weighted by Gasteiger charge is 2.21. The van der Waals surface area contributed by atoms with Gasteiger partial charge in [-0.05, 0) is 13.0 Å². The first kappa shape index (κ1) is 14.8. The molecular weight excluding hydrogens is 280 g/mol. The van der Waals surface area contributed by atoms with E-state index in [1.807, 2.05) is 11.8 Å². The van der Waals surface area contributed by atoms with Crippen molar-refractivity contribution in [3.05, 3.63) is 23.2 Å². The van der Waals surface area contributed by atoms with Crippen molar-refractivity contribution in [3.63, 3.8) is 0 Å². The second kappa shape index (κ2) is 6.21. The first-order valence-electron chi connectivity index (χ1n) is 6.44. The minimum Gasteiger partial charge on any atom is -0.478 e. The number of nitrogens with one attached hydrogen (secondary N) is 1. The Hall–Kier alpha value is -1.63. The van der Waals surface area contributed by atoms with Gasteiger partial charge in [0.25, 0.3) is 0 Å². The van der Waals surface area contributed by atoms with Gasteiger partial charge in [0, 0.05) is 24.1 Å². The number of thioether (sulfide) groups is 1. The summed E-state index contributed by atoms with van der Waals surface area (Å²) in [4.78, 5) is 24.7. The molecule has 1 unspecified atom stereocenters. The monoisotopic (exact) mass is 298 g/mol. The fourth-order valence-corrected chi connectivity index (χ4v) is 3.13. The molecule has 1 aliphatic heterocycles. The van der Waals surface area contributed by atoms with E-state index in [0.29, 0.717) is 16.8 Å². The number of carbonyl (C=O) groups excluding carboxylic acids is 1. The smallest absolute Gasteiger partial charge is 0.339 e. The number of carboxylic acid groups (broad SMARTS) is 1. The minimum atomic E-state index is -1.02. The Kier molecular flexibility index (Phi) is 4.59. The van der Waals surface area contributed by atoms with Gasteiger partial charge in [-0.1, -0.05) is 6.92 Å². The molecule has 0 aromatic carbocycles. The van der Waals surface area contributed by atoms with Crippen LogP contribution in [0.3, 0.4) is 0 Å². The van der Waals surface area contributed by atoms with Crippen LogP contribution in [0.15, 0.2) is 10.5 Å². The van der Waals surface area contributed by atoms with E-state index in [2.05, 4.69) is 12.2 Å². The summed E-state index contributed by atoms with van der Waals surface area (Å²) >= 11 is 1.86. The fraction of sp³-hybridized carbons (Fsp3) is 0.538. The summed E-state index contributed by atoms with van der Waals surface area (Å²) in [6.07, 6.45) is 0. The van der Waals surface area contributed by atoms with Gasteiger partial charge in [-0.2, -0.15) is 11.8 Å². The number of carboxylic acids is 1. The van der Waals surface area contributed by atoms with Crippen LogP contribution < -0.4 is 5.32 Å². The highest BCUT2D eigenvalue weighted by Crippen LogP contribution is 2.18. The van der Waals surface area contributed by atoms with Crippen LogP contribution in [-0.4, -0.2) is 46.1 Å². The van der Waals surface area contributed by atoms with Crippen molar-refractivity contribution in [2.75, 3.05) is 18.8 Å². The van der Waals surface area contributed by atoms with Crippen molar-refractivity contribution in [2.45, 2.75) is 25.6 Å². The molecule has 7 heteroatoms. The third-order valence-electron chi connectivity index (χ3n) is 3.14. The number of carbonyl (C=O) groups is 2. The van der Waals surface area contributed by atoms with Crippen molar-refractivity contribution < 1.29 is 19.1 Å². The zero-order valence-electron chi connectivity index (χ0n) is 11.5. The predicted molar refractivity (Wildman–Crippen MR) is 76.1 cm³/mol. The number of rotatable bonds is 3. The molecule has 0 saturated carbocycles. The molecule has 0 bridgehead atoms. The van der Waals surface area contributed by atoms with Gasteiger partial charge in [-0.25, -0.2) is 9.59 Å². The summed E-state index contributed by atoms with van der Waals surface area (Å²) in [6, 6.07) is 1.31. The molecule has 0 aliphatic carbocycles. The van der Waals surface area contributed by atoms with Gasteiger partial charge in [0.05, 0.1) is 6.54 Å². The van der Waals surface area contributed by atoms with Crippen LogP contribution in [0.4, 0.5) is 4.79 Å². The molecule has 110 valence electrons. The standard InChI is InChI=1S/C13H18N2O4S/c1-8-7-15(3-4-20-8)13(18)14-6-10-5-11(12(16)17)9(2)19-10/h5,8H,3-4,6-7H2,1-2H3,(H,14,18)(H,16,17).